The van der Waals surface area contributed by atoms with Gasteiger partial charge in [-0.25, -0.2) is 9.78 Å². The van der Waals surface area contributed by atoms with Crippen LogP contribution >= 0.6 is 0 Å². The summed E-state index contributed by atoms with van der Waals surface area (Å²) < 4.78 is 4.99. The summed E-state index contributed by atoms with van der Waals surface area (Å²) in [5, 5.41) is 9.23. The Morgan fingerprint density at radius 3 is 2.67 bits per heavy atom. The van der Waals surface area contributed by atoms with Crippen molar-refractivity contribution in [1.82, 2.24) is 14.9 Å². The number of nitrogens with zero attached hydrogens (tertiary/aromatic N) is 4. The van der Waals surface area contributed by atoms with E-state index in [-0.39, 0.29) is 23.0 Å². The molecule has 1 amide bonds. The Morgan fingerprint density at radius 2 is 2.00 bits per heavy atom. The minimum Gasteiger partial charge on any atom is -0.462 e. The molecule has 9 heteroatoms. The van der Waals surface area contributed by atoms with Crippen LogP contribution in [-0.2, 0) is 16.0 Å². The Bertz CT molecular complexity index is 1120. The average Bonchev–Trinajstić information content (AvgIpc) is 3.05. The second-order valence-corrected chi connectivity index (χ2v) is 8.02. The van der Waals surface area contributed by atoms with E-state index in [1.165, 1.54) is 6.20 Å². The molecule has 0 aliphatic carbocycles. The first-order chi connectivity index (χ1) is 15.8. The molecule has 0 aromatic carbocycles. The summed E-state index contributed by atoms with van der Waals surface area (Å²) in [6.07, 6.45) is 3.11. The Morgan fingerprint density at radius 1 is 1.21 bits per heavy atom. The van der Waals surface area contributed by atoms with Crippen molar-refractivity contribution >= 4 is 17.7 Å². The Balaban J connectivity index is 1.60. The fourth-order valence-corrected chi connectivity index (χ4v) is 4.11. The van der Waals surface area contributed by atoms with Gasteiger partial charge >= 0.3 is 5.97 Å². The van der Waals surface area contributed by atoms with Gasteiger partial charge in [-0.05, 0) is 56.9 Å². The van der Waals surface area contributed by atoms with Gasteiger partial charge in [0, 0.05) is 44.5 Å². The highest BCUT2D eigenvalue weighted by molar-refractivity contribution is 5.89. The van der Waals surface area contributed by atoms with E-state index in [0.29, 0.717) is 55.9 Å². The highest BCUT2D eigenvalue weighted by atomic mass is 16.5. The molecule has 0 radical (unpaired) electrons. The summed E-state index contributed by atoms with van der Waals surface area (Å²) in [7, 11) is 0. The van der Waals surface area contributed by atoms with Crippen LogP contribution in [0.15, 0.2) is 23.1 Å². The number of H-pyrrole nitrogens is 1. The van der Waals surface area contributed by atoms with Gasteiger partial charge in [-0.15, -0.1) is 0 Å². The quantitative estimate of drug-likeness (QED) is 0.668. The number of rotatable bonds is 6. The van der Waals surface area contributed by atoms with Gasteiger partial charge in [-0.3, -0.25) is 9.59 Å². The molecule has 174 valence electrons. The molecular weight excluding hydrogens is 422 g/mol. The SMILES string of the molecule is CCOC(=O)c1ccc(N2CCCN(C(=O)CCc3c(C)[nH]c(=O)c(C#N)c3C)CC2)nc1. The number of esters is 1. The molecule has 1 aliphatic heterocycles. The number of nitrogens with one attached hydrogen (secondary N) is 1. The summed E-state index contributed by atoms with van der Waals surface area (Å²) in [5.74, 6) is 0.422. The van der Waals surface area contributed by atoms with Crippen molar-refractivity contribution in [3.63, 3.8) is 0 Å². The zero-order chi connectivity index (χ0) is 24.0. The van der Waals surface area contributed by atoms with E-state index in [2.05, 4.69) is 14.9 Å². The van der Waals surface area contributed by atoms with E-state index in [9.17, 15) is 19.6 Å². The van der Waals surface area contributed by atoms with Crippen LogP contribution in [0.2, 0.25) is 0 Å². The molecule has 2 aromatic heterocycles. The standard InChI is InChI=1S/C24H29N5O4/c1-4-33-24(32)18-6-8-21(26-15-18)28-10-5-11-29(13-12-28)22(30)9-7-19-16(2)20(14-25)23(31)27-17(19)3/h6,8,15H,4-5,7,9-13H2,1-3H3,(H,27,31). The van der Waals surface area contributed by atoms with Crippen molar-refractivity contribution in [1.29, 1.82) is 5.26 Å². The Labute approximate surface area is 193 Å². The van der Waals surface area contributed by atoms with Crippen LogP contribution < -0.4 is 10.5 Å². The van der Waals surface area contributed by atoms with E-state index in [1.54, 1.807) is 32.9 Å². The van der Waals surface area contributed by atoms with Crippen LogP contribution in [0, 0.1) is 25.2 Å². The lowest BCUT2D eigenvalue weighted by Crippen LogP contribution is -2.35. The topological polar surface area (TPSA) is 119 Å². The molecule has 1 fully saturated rings. The Hall–Kier alpha value is -3.67. The van der Waals surface area contributed by atoms with Crippen LogP contribution in [0.4, 0.5) is 5.82 Å². The van der Waals surface area contributed by atoms with E-state index in [0.717, 1.165) is 24.3 Å². The molecule has 0 bridgehead atoms. The first-order valence-corrected chi connectivity index (χ1v) is 11.1. The second-order valence-electron chi connectivity index (χ2n) is 8.02. The lowest BCUT2D eigenvalue weighted by molar-refractivity contribution is -0.130. The maximum Gasteiger partial charge on any atom is 0.339 e. The maximum atomic E-state index is 12.9. The molecule has 9 nitrogen and oxygen atoms in total. The minimum absolute atomic E-state index is 0.0472. The molecule has 2 aromatic rings. The fourth-order valence-electron chi connectivity index (χ4n) is 4.11. The summed E-state index contributed by atoms with van der Waals surface area (Å²) >= 11 is 0. The number of hydrogen-bond acceptors (Lipinski definition) is 7. The number of carbonyl (C=O) groups excluding carboxylic acids is 2. The number of carbonyl (C=O) groups is 2. The van der Waals surface area contributed by atoms with E-state index < -0.39 is 0 Å². The van der Waals surface area contributed by atoms with Crippen LogP contribution in [0.1, 0.15) is 52.5 Å². The third-order valence-electron chi connectivity index (χ3n) is 5.94. The van der Waals surface area contributed by atoms with E-state index >= 15 is 0 Å². The van der Waals surface area contributed by atoms with Gasteiger partial charge in [0.2, 0.25) is 5.91 Å². The minimum atomic E-state index is -0.390. The van der Waals surface area contributed by atoms with E-state index in [4.69, 9.17) is 4.74 Å². The predicted octanol–water partition coefficient (Wildman–Crippen LogP) is 2.11. The van der Waals surface area contributed by atoms with Crippen LogP contribution in [0.5, 0.6) is 0 Å². The highest BCUT2D eigenvalue weighted by Crippen LogP contribution is 2.18. The van der Waals surface area contributed by atoms with Crippen molar-refractivity contribution in [2.75, 3.05) is 37.7 Å². The highest BCUT2D eigenvalue weighted by Gasteiger charge is 2.21. The monoisotopic (exact) mass is 451 g/mol. The molecule has 0 unspecified atom stereocenters. The number of anilines is 1. The average molecular weight is 452 g/mol. The van der Waals surface area contributed by atoms with Gasteiger partial charge in [-0.1, -0.05) is 0 Å². The smallest absolute Gasteiger partial charge is 0.339 e. The predicted molar refractivity (Wildman–Crippen MR) is 123 cm³/mol. The van der Waals surface area contributed by atoms with Crippen molar-refractivity contribution in [2.45, 2.75) is 40.0 Å². The molecule has 33 heavy (non-hydrogen) atoms. The summed E-state index contributed by atoms with van der Waals surface area (Å²) in [5.41, 5.74) is 2.32. The molecule has 1 N–H and O–H groups in total. The normalized spacial score (nSPS) is 13.9. The van der Waals surface area contributed by atoms with Crippen LogP contribution in [0.3, 0.4) is 0 Å². The number of hydrogen-bond donors (Lipinski definition) is 1. The molecule has 1 aliphatic rings. The van der Waals surface area contributed by atoms with Gasteiger partial charge in [-0.2, -0.15) is 5.26 Å². The third-order valence-corrected chi connectivity index (χ3v) is 5.94. The molecule has 0 spiro atoms. The first-order valence-electron chi connectivity index (χ1n) is 11.1. The maximum absolute atomic E-state index is 12.9. The van der Waals surface area contributed by atoms with Crippen molar-refractivity contribution in [2.24, 2.45) is 0 Å². The molecule has 0 atom stereocenters. The van der Waals surface area contributed by atoms with Gasteiger partial charge in [0.1, 0.15) is 17.5 Å². The summed E-state index contributed by atoms with van der Waals surface area (Å²) in [6, 6.07) is 5.46. The zero-order valence-electron chi connectivity index (χ0n) is 19.3. The molecule has 3 rings (SSSR count). The van der Waals surface area contributed by atoms with Gasteiger partial charge in [0.15, 0.2) is 0 Å². The van der Waals surface area contributed by atoms with Crippen molar-refractivity contribution in [3.8, 4) is 6.07 Å². The number of nitriles is 1. The summed E-state index contributed by atoms with van der Waals surface area (Å²) in [6.45, 7) is 8.26. The third kappa shape index (κ3) is 5.58. The zero-order valence-corrected chi connectivity index (χ0v) is 19.3. The molecule has 0 saturated carbocycles. The number of pyridine rings is 2. The molecule has 1 saturated heterocycles. The number of ether oxygens (including phenoxy) is 1. The molecule has 3 heterocycles. The number of aromatic amines is 1. The van der Waals surface area contributed by atoms with Crippen molar-refractivity contribution in [3.05, 3.63) is 56.6 Å². The van der Waals surface area contributed by atoms with E-state index in [1.807, 2.05) is 11.0 Å². The van der Waals surface area contributed by atoms with Gasteiger partial charge < -0.3 is 19.5 Å². The lowest BCUT2D eigenvalue weighted by atomic mass is 9.99. The van der Waals surface area contributed by atoms with Crippen LogP contribution in [-0.4, -0.2) is 59.5 Å². The second kappa shape index (κ2) is 10.8. The van der Waals surface area contributed by atoms with Crippen LogP contribution in [0.25, 0.3) is 0 Å². The Kier molecular flexibility index (Phi) is 7.83. The van der Waals surface area contributed by atoms with Gasteiger partial charge in [0.05, 0.1) is 12.2 Å². The largest absolute Gasteiger partial charge is 0.462 e. The first kappa shape index (κ1) is 24.0. The number of amides is 1. The van der Waals surface area contributed by atoms with Gasteiger partial charge in [0.25, 0.3) is 5.56 Å². The molecular formula is C24H29N5O4. The number of aryl methyl sites for hydroxylation is 1. The lowest BCUT2D eigenvalue weighted by Gasteiger charge is -2.23. The number of aromatic nitrogens is 2. The summed E-state index contributed by atoms with van der Waals surface area (Å²) in [4.78, 5) is 47.7. The fraction of sp³-hybridized carbons (Fsp3) is 0.458. The van der Waals surface area contributed by atoms with Crippen molar-refractivity contribution < 1.29 is 14.3 Å².